The first-order valence-electron chi connectivity index (χ1n) is 8.36. The Labute approximate surface area is 162 Å². The van der Waals surface area contributed by atoms with Gasteiger partial charge in [-0.3, -0.25) is 0 Å². The molecule has 1 aromatic carbocycles. The van der Waals surface area contributed by atoms with E-state index in [1.807, 2.05) is 13.0 Å². The molecule has 3 N–H and O–H groups in total. The van der Waals surface area contributed by atoms with E-state index in [-0.39, 0.29) is 28.6 Å². The third-order valence-corrected chi connectivity index (χ3v) is 4.80. The van der Waals surface area contributed by atoms with Gasteiger partial charge in [0.15, 0.2) is 11.5 Å². The van der Waals surface area contributed by atoms with Gasteiger partial charge in [0.05, 0.1) is 31.1 Å². The van der Waals surface area contributed by atoms with Gasteiger partial charge in [-0.05, 0) is 54.3 Å². The number of pyridine rings is 1. The van der Waals surface area contributed by atoms with Crippen LogP contribution in [0.5, 0.6) is 17.2 Å². The van der Waals surface area contributed by atoms with E-state index in [2.05, 4.69) is 17.1 Å². The van der Waals surface area contributed by atoms with Crippen molar-refractivity contribution in [1.82, 2.24) is 4.98 Å². The van der Waals surface area contributed by atoms with Crippen LogP contribution >= 0.6 is 0 Å². The summed E-state index contributed by atoms with van der Waals surface area (Å²) >= 11 is 0. The zero-order chi connectivity index (χ0) is 20.6. The number of anilines is 1. The molecule has 7 heteroatoms. The Kier molecular flexibility index (Phi) is 4.69. The van der Waals surface area contributed by atoms with E-state index < -0.39 is 0 Å². The smallest absolute Gasteiger partial charge is 0.200 e. The van der Waals surface area contributed by atoms with Crippen LogP contribution in [0.4, 0.5) is 5.82 Å². The SMILES string of the molecule is COc1cc(C=C2C(C)=C(C#N)c3nc(N)c(C#N)c(C)c32)cc(OC)c1O. The second kappa shape index (κ2) is 6.98. The minimum Gasteiger partial charge on any atom is -0.502 e. The molecule has 1 aromatic heterocycles. The van der Waals surface area contributed by atoms with Crippen molar-refractivity contribution in [2.75, 3.05) is 20.0 Å². The zero-order valence-corrected chi connectivity index (χ0v) is 15.9. The average Bonchev–Trinajstić information content (AvgIpc) is 2.94. The maximum absolute atomic E-state index is 10.1. The lowest BCUT2D eigenvalue weighted by molar-refractivity contribution is 0.340. The molecule has 0 bridgehead atoms. The van der Waals surface area contributed by atoms with Gasteiger partial charge in [0.1, 0.15) is 18.0 Å². The molecule has 0 spiro atoms. The fraction of sp³-hybridized carbons (Fsp3) is 0.190. The van der Waals surface area contributed by atoms with Crippen molar-refractivity contribution in [2.45, 2.75) is 13.8 Å². The van der Waals surface area contributed by atoms with Gasteiger partial charge in [0.25, 0.3) is 0 Å². The minimum absolute atomic E-state index is 0.0960. The minimum atomic E-state index is -0.0960. The number of methoxy groups -OCH3 is 2. The van der Waals surface area contributed by atoms with Crippen LogP contribution in [0.25, 0.3) is 17.2 Å². The number of allylic oxidation sites excluding steroid dienone is 3. The van der Waals surface area contributed by atoms with Gasteiger partial charge in [-0.2, -0.15) is 10.5 Å². The van der Waals surface area contributed by atoms with E-state index in [9.17, 15) is 15.6 Å². The predicted molar refractivity (Wildman–Crippen MR) is 105 cm³/mol. The number of nitrogens with zero attached hydrogens (tertiary/aromatic N) is 3. The Morgan fingerprint density at radius 2 is 1.71 bits per heavy atom. The topological polar surface area (TPSA) is 125 Å². The molecule has 28 heavy (non-hydrogen) atoms. The highest BCUT2D eigenvalue weighted by Gasteiger charge is 2.29. The number of benzene rings is 1. The summed E-state index contributed by atoms with van der Waals surface area (Å²) in [4.78, 5) is 4.31. The number of hydrogen-bond donors (Lipinski definition) is 2. The van der Waals surface area contributed by atoms with E-state index in [0.29, 0.717) is 28.0 Å². The van der Waals surface area contributed by atoms with E-state index in [1.165, 1.54) is 14.2 Å². The number of nitrogens with two attached hydrogens (primary N) is 1. The summed E-state index contributed by atoms with van der Waals surface area (Å²) in [5.41, 5.74) is 10.6. The summed E-state index contributed by atoms with van der Waals surface area (Å²) in [6, 6.07) is 7.58. The molecule has 0 atom stereocenters. The summed E-state index contributed by atoms with van der Waals surface area (Å²) < 4.78 is 10.4. The highest BCUT2D eigenvalue weighted by Crippen LogP contribution is 2.45. The number of hydrogen-bond acceptors (Lipinski definition) is 7. The Balaban J connectivity index is 2.32. The molecule has 0 aliphatic heterocycles. The Bertz CT molecular complexity index is 1120. The molecule has 0 saturated carbocycles. The molecule has 7 nitrogen and oxygen atoms in total. The fourth-order valence-electron chi connectivity index (χ4n) is 3.36. The highest BCUT2D eigenvalue weighted by molar-refractivity contribution is 6.08. The molecule has 140 valence electrons. The van der Waals surface area contributed by atoms with Crippen molar-refractivity contribution >= 4 is 23.0 Å². The number of aromatic hydroxyl groups is 1. The fourth-order valence-corrected chi connectivity index (χ4v) is 3.36. The number of aromatic nitrogens is 1. The summed E-state index contributed by atoms with van der Waals surface area (Å²) in [6.45, 7) is 3.61. The largest absolute Gasteiger partial charge is 0.502 e. The molecule has 1 aliphatic rings. The van der Waals surface area contributed by atoms with Crippen molar-refractivity contribution in [2.24, 2.45) is 0 Å². The summed E-state index contributed by atoms with van der Waals surface area (Å²) in [5.74, 6) is 0.530. The predicted octanol–water partition coefficient (Wildman–Crippen LogP) is 3.42. The Morgan fingerprint density at radius 3 is 2.21 bits per heavy atom. The molecular weight excluding hydrogens is 356 g/mol. The monoisotopic (exact) mass is 374 g/mol. The molecule has 0 saturated heterocycles. The second-order valence-corrected chi connectivity index (χ2v) is 6.28. The van der Waals surface area contributed by atoms with Crippen molar-refractivity contribution in [3.05, 3.63) is 45.7 Å². The summed E-state index contributed by atoms with van der Waals surface area (Å²) in [5, 5.41) is 29.2. The molecule has 0 unspecified atom stereocenters. The maximum Gasteiger partial charge on any atom is 0.200 e. The van der Waals surface area contributed by atoms with Crippen LogP contribution in [-0.4, -0.2) is 24.3 Å². The Hall–Kier alpha value is -3.97. The lowest BCUT2D eigenvalue weighted by Crippen LogP contribution is -2.03. The molecule has 0 amide bonds. The van der Waals surface area contributed by atoms with Crippen LogP contribution in [0, 0.1) is 29.6 Å². The first-order valence-corrected chi connectivity index (χ1v) is 8.36. The average molecular weight is 374 g/mol. The van der Waals surface area contributed by atoms with E-state index in [1.54, 1.807) is 19.1 Å². The number of nitriles is 2. The molecule has 1 aliphatic carbocycles. The third-order valence-electron chi connectivity index (χ3n) is 4.80. The van der Waals surface area contributed by atoms with Crippen LogP contribution in [0.2, 0.25) is 0 Å². The van der Waals surface area contributed by atoms with Crippen LogP contribution in [0.15, 0.2) is 17.7 Å². The lowest BCUT2D eigenvalue weighted by Gasteiger charge is -2.12. The van der Waals surface area contributed by atoms with Gasteiger partial charge >= 0.3 is 0 Å². The van der Waals surface area contributed by atoms with Gasteiger partial charge in [-0.1, -0.05) is 0 Å². The zero-order valence-electron chi connectivity index (χ0n) is 15.9. The van der Waals surface area contributed by atoms with Crippen molar-refractivity contribution < 1.29 is 14.6 Å². The quantitative estimate of drug-likeness (QED) is 0.843. The van der Waals surface area contributed by atoms with Crippen LogP contribution in [-0.2, 0) is 0 Å². The van der Waals surface area contributed by atoms with Crippen LogP contribution in [0.3, 0.4) is 0 Å². The number of nitrogen functional groups attached to an aromatic ring is 1. The first kappa shape index (κ1) is 18.8. The number of rotatable bonds is 3. The highest BCUT2D eigenvalue weighted by atomic mass is 16.5. The molecule has 2 aromatic rings. The first-order chi connectivity index (χ1) is 13.4. The maximum atomic E-state index is 10.1. The van der Waals surface area contributed by atoms with Gasteiger partial charge in [-0.25, -0.2) is 4.98 Å². The third kappa shape index (κ3) is 2.70. The number of phenolic OH excluding ortho intramolecular Hbond substituents is 1. The van der Waals surface area contributed by atoms with E-state index >= 15 is 0 Å². The molecular formula is C21H18N4O3. The molecule has 1 heterocycles. The van der Waals surface area contributed by atoms with Gasteiger partial charge < -0.3 is 20.3 Å². The second-order valence-electron chi connectivity index (χ2n) is 6.28. The van der Waals surface area contributed by atoms with E-state index in [0.717, 1.165) is 11.1 Å². The Morgan fingerprint density at radius 1 is 1.11 bits per heavy atom. The van der Waals surface area contributed by atoms with Crippen LogP contribution < -0.4 is 15.2 Å². The van der Waals surface area contributed by atoms with Gasteiger partial charge in [0.2, 0.25) is 5.75 Å². The summed E-state index contributed by atoms with van der Waals surface area (Å²) in [6.07, 6.45) is 1.84. The van der Waals surface area contributed by atoms with Gasteiger partial charge in [0, 0.05) is 5.56 Å². The number of fused-ring (bicyclic) bond motifs is 1. The molecule has 0 radical (unpaired) electrons. The number of phenols is 1. The normalized spacial score (nSPS) is 13.9. The lowest BCUT2D eigenvalue weighted by atomic mass is 9.95. The van der Waals surface area contributed by atoms with Crippen LogP contribution in [0.1, 0.15) is 34.9 Å². The van der Waals surface area contributed by atoms with Crippen molar-refractivity contribution in [1.29, 1.82) is 10.5 Å². The van der Waals surface area contributed by atoms with Crippen molar-refractivity contribution in [3.8, 4) is 29.4 Å². The van der Waals surface area contributed by atoms with Gasteiger partial charge in [-0.15, -0.1) is 0 Å². The summed E-state index contributed by atoms with van der Waals surface area (Å²) in [7, 11) is 2.90. The van der Waals surface area contributed by atoms with E-state index in [4.69, 9.17) is 15.2 Å². The molecule has 0 fully saturated rings. The number of ether oxygens (including phenoxy) is 2. The molecule has 3 rings (SSSR count). The standard InChI is InChI=1S/C21H18N4O3/c1-10-13(5-12-6-16(27-3)20(26)17(7-12)28-4)18-11(2)15(9-23)21(24)25-19(18)14(10)8-22/h5-7,26H,1-4H3,(H2,24,25). The van der Waals surface area contributed by atoms with Crippen molar-refractivity contribution in [3.63, 3.8) is 0 Å².